The molecule has 0 saturated heterocycles. The molecule has 0 radical (unpaired) electrons. The van der Waals surface area contributed by atoms with Gasteiger partial charge in [0.05, 0.1) is 11.6 Å². The normalized spacial score (nSPS) is 21.7. The zero-order chi connectivity index (χ0) is 10.8. The summed E-state index contributed by atoms with van der Waals surface area (Å²) in [6.45, 7) is 1.71. The van der Waals surface area contributed by atoms with E-state index >= 15 is 0 Å². The van der Waals surface area contributed by atoms with Gasteiger partial charge in [0.1, 0.15) is 5.78 Å². The van der Waals surface area contributed by atoms with Crippen molar-refractivity contribution < 1.29 is 14.0 Å². The highest BCUT2D eigenvalue weighted by Crippen LogP contribution is 2.25. The van der Waals surface area contributed by atoms with Crippen molar-refractivity contribution in [3.63, 3.8) is 0 Å². The Morgan fingerprint density at radius 3 is 2.93 bits per heavy atom. The van der Waals surface area contributed by atoms with Gasteiger partial charge in [-0.2, -0.15) is 0 Å². The number of aryl methyl sites for hydroxylation is 1. The van der Waals surface area contributed by atoms with Crippen LogP contribution in [0.5, 0.6) is 0 Å². The van der Waals surface area contributed by atoms with Gasteiger partial charge in [-0.05, 0) is 19.8 Å². The molecule has 1 fully saturated rings. The molecule has 0 bridgehead atoms. The first-order valence-electron chi connectivity index (χ1n) is 5.17. The minimum absolute atomic E-state index is 0.0436. The standard InChI is InChI=1S/C11H13NO3/c1-7-11(15-6-12-7)10(14)8-4-2-3-5-9(8)13/h6,8H,2-5H2,1H3. The Bertz CT molecular complexity index is 394. The van der Waals surface area contributed by atoms with Crippen molar-refractivity contribution >= 4 is 11.6 Å². The number of oxazole rings is 1. The van der Waals surface area contributed by atoms with Crippen LogP contribution in [0.15, 0.2) is 10.8 Å². The number of carbonyl (C=O) groups is 2. The van der Waals surface area contributed by atoms with Crippen molar-refractivity contribution in [1.82, 2.24) is 4.98 Å². The fourth-order valence-electron chi connectivity index (χ4n) is 1.96. The lowest BCUT2D eigenvalue weighted by molar-refractivity contribution is -0.123. The van der Waals surface area contributed by atoms with Crippen molar-refractivity contribution in [3.05, 3.63) is 17.8 Å². The summed E-state index contributed by atoms with van der Waals surface area (Å²) >= 11 is 0. The van der Waals surface area contributed by atoms with Gasteiger partial charge in [0, 0.05) is 6.42 Å². The number of aromatic nitrogens is 1. The number of hydrogen-bond donors (Lipinski definition) is 0. The van der Waals surface area contributed by atoms with E-state index in [2.05, 4.69) is 4.98 Å². The Labute approximate surface area is 87.7 Å². The first-order valence-corrected chi connectivity index (χ1v) is 5.17. The zero-order valence-corrected chi connectivity index (χ0v) is 8.66. The topological polar surface area (TPSA) is 60.2 Å². The van der Waals surface area contributed by atoms with Crippen LogP contribution in [0.25, 0.3) is 0 Å². The quantitative estimate of drug-likeness (QED) is 0.549. The van der Waals surface area contributed by atoms with Crippen molar-refractivity contribution in [1.29, 1.82) is 0 Å². The predicted octanol–water partition coefficient (Wildman–Crippen LogP) is 1.93. The van der Waals surface area contributed by atoms with Crippen LogP contribution in [-0.2, 0) is 4.79 Å². The Morgan fingerprint density at radius 1 is 1.53 bits per heavy atom. The molecule has 1 saturated carbocycles. The van der Waals surface area contributed by atoms with Gasteiger partial charge < -0.3 is 4.42 Å². The lowest BCUT2D eigenvalue weighted by Gasteiger charge is -2.17. The average Bonchev–Trinajstić information content (AvgIpc) is 2.64. The van der Waals surface area contributed by atoms with Crippen molar-refractivity contribution in [2.24, 2.45) is 5.92 Å². The monoisotopic (exact) mass is 207 g/mol. The van der Waals surface area contributed by atoms with Crippen molar-refractivity contribution in [2.45, 2.75) is 32.6 Å². The van der Waals surface area contributed by atoms with Crippen LogP contribution in [0.4, 0.5) is 0 Å². The van der Waals surface area contributed by atoms with E-state index in [0.29, 0.717) is 18.5 Å². The largest absolute Gasteiger partial charge is 0.440 e. The summed E-state index contributed by atoms with van der Waals surface area (Å²) in [5, 5.41) is 0. The molecule has 4 heteroatoms. The predicted molar refractivity (Wildman–Crippen MR) is 52.5 cm³/mol. The second kappa shape index (κ2) is 3.96. The Morgan fingerprint density at radius 2 is 2.33 bits per heavy atom. The third-order valence-corrected chi connectivity index (χ3v) is 2.84. The smallest absolute Gasteiger partial charge is 0.210 e. The van der Waals surface area contributed by atoms with Crippen LogP contribution < -0.4 is 0 Å². The molecule has 0 amide bonds. The highest BCUT2D eigenvalue weighted by atomic mass is 16.3. The number of carbonyl (C=O) groups excluding carboxylic acids is 2. The van der Waals surface area contributed by atoms with Crippen molar-refractivity contribution in [2.75, 3.05) is 0 Å². The van der Waals surface area contributed by atoms with E-state index in [1.165, 1.54) is 6.39 Å². The first-order chi connectivity index (χ1) is 7.20. The Balaban J connectivity index is 2.20. The molecular formula is C11H13NO3. The fraction of sp³-hybridized carbons (Fsp3) is 0.545. The molecule has 4 nitrogen and oxygen atoms in total. The number of rotatable bonds is 2. The highest BCUT2D eigenvalue weighted by molar-refractivity contribution is 6.10. The van der Waals surface area contributed by atoms with Crippen LogP contribution in [0, 0.1) is 12.8 Å². The van der Waals surface area contributed by atoms with E-state index in [1.54, 1.807) is 6.92 Å². The molecule has 80 valence electrons. The molecular weight excluding hydrogens is 194 g/mol. The lowest BCUT2D eigenvalue weighted by atomic mass is 9.84. The number of Topliss-reactive ketones (excluding diaryl/α,β-unsaturated/α-hetero) is 2. The Kier molecular flexibility index (Phi) is 2.66. The molecule has 1 aliphatic rings. The molecule has 1 aromatic rings. The van der Waals surface area contributed by atoms with Crippen LogP contribution in [0.1, 0.15) is 41.9 Å². The summed E-state index contributed by atoms with van der Waals surface area (Å²) in [6, 6.07) is 0. The maximum Gasteiger partial charge on any atom is 0.210 e. The summed E-state index contributed by atoms with van der Waals surface area (Å²) < 4.78 is 5.01. The lowest BCUT2D eigenvalue weighted by Crippen LogP contribution is -2.27. The Hall–Kier alpha value is -1.45. The van der Waals surface area contributed by atoms with Gasteiger partial charge in [0.25, 0.3) is 0 Å². The van der Waals surface area contributed by atoms with Crippen LogP contribution >= 0.6 is 0 Å². The van der Waals surface area contributed by atoms with E-state index in [1.807, 2.05) is 0 Å². The summed E-state index contributed by atoms with van der Waals surface area (Å²) in [4.78, 5) is 27.4. The number of hydrogen-bond acceptors (Lipinski definition) is 4. The zero-order valence-electron chi connectivity index (χ0n) is 8.66. The summed E-state index contributed by atoms with van der Waals surface area (Å²) in [6.07, 6.45) is 4.25. The molecule has 1 aromatic heterocycles. The molecule has 2 rings (SSSR count). The minimum Gasteiger partial charge on any atom is -0.440 e. The van der Waals surface area contributed by atoms with E-state index in [9.17, 15) is 9.59 Å². The number of ketones is 2. The minimum atomic E-state index is -0.495. The van der Waals surface area contributed by atoms with E-state index < -0.39 is 5.92 Å². The van der Waals surface area contributed by atoms with Gasteiger partial charge in [0.2, 0.25) is 5.78 Å². The van der Waals surface area contributed by atoms with Crippen LogP contribution in [-0.4, -0.2) is 16.6 Å². The molecule has 1 atom stereocenters. The molecule has 15 heavy (non-hydrogen) atoms. The fourth-order valence-corrected chi connectivity index (χ4v) is 1.96. The third kappa shape index (κ3) is 1.84. The van der Waals surface area contributed by atoms with E-state index in [4.69, 9.17) is 4.42 Å². The SMILES string of the molecule is Cc1ncoc1C(=O)C1CCCCC1=O. The van der Waals surface area contributed by atoms with Gasteiger partial charge in [-0.1, -0.05) is 6.42 Å². The second-order valence-corrected chi connectivity index (χ2v) is 3.90. The highest BCUT2D eigenvalue weighted by Gasteiger charge is 2.32. The summed E-state index contributed by atoms with van der Waals surface area (Å²) in [5.41, 5.74) is 0.568. The third-order valence-electron chi connectivity index (χ3n) is 2.84. The molecule has 0 spiro atoms. The van der Waals surface area contributed by atoms with Gasteiger partial charge >= 0.3 is 0 Å². The van der Waals surface area contributed by atoms with E-state index in [0.717, 1.165) is 12.8 Å². The maximum atomic E-state index is 11.9. The molecule has 1 unspecified atom stereocenters. The molecule has 0 aliphatic heterocycles. The summed E-state index contributed by atoms with van der Waals surface area (Å²) in [7, 11) is 0. The van der Waals surface area contributed by atoms with Crippen LogP contribution in [0.3, 0.4) is 0 Å². The van der Waals surface area contributed by atoms with Gasteiger partial charge in [0.15, 0.2) is 12.2 Å². The second-order valence-electron chi connectivity index (χ2n) is 3.90. The molecule has 0 N–H and O–H groups in total. The molecule has 1 aliphatic carbocycles. The van der Waals surface area contributed by atoms with Crippen LogP contribution in [0.2, 0.25) is 0 Å². The van der Waals surface area contributed by atoms with E-state index in [-0.39, 0.29) is 17.3 Å². The number of nitrogens with zero attached hydrogens (tertiary/aromatic N) is 1. The van der Waals surface area contributed by atoms with Gasteiger partial charge in [-0.25, -0.2) is 4.98 Å². The molecule has 0 aromatic carbocycles. The molecule has 1 heterocycles. The average molecular weight is 207 g/mol. The van der Waals surface area contributed by atoms with Gasteiger partial charge in [-0.15, -0.1) is 0 Å². The summed E-state index contributed by atoms with van der Waals surface area (Å²) in [5.74, 6) is -0.405. The maximum absolute atomic E-state index is 11.9. The first kappa shape index (κ1) is 10.1. The van der Waals surface area contributed by atoms with Gasteiger partial charge in [-0.3, -0.25) is 9.59 Å². The van der Waals surface area contributed by atoms with Crippen molar-refractivity contribution in [3.8, 4) is 0 Å².